The van der Waals surface area contributed by atoms with Gasteiger partial charge in [0.05, 0.1) is 10.6 Å². The van der Waals surface area contributed by atoms with E-state index in [0.29, 0.717) is 26.4 Å². The third kappa shape index (κ3) is 2.42. The van der Waals surface area contributed by atoms with Crippen LogP contribution in [0, 0.1) is 0 Å². The summed E-state index contributed by atoms with van der Waals surface area (Å²) < 4.78 is 13.1. The van der Waals surface area contributed by atoms with E-state index in [-0.39, 0.29) is 12.7 Å². The number of nitrogens with zero attached hydrogens (tertiary/aromatic N) is 2. The molecule has 1 fully saturated rings. The number of carbonyl (C=O) groups excluding carboxylic acids is 1. The predicted octanol–water partition coefficient (Wildman–Crippen LogP) is 3.16. The lowest BCUT2D eigenvalue weighted by molar-refractivity contribution is -0.113. The number of thioether (sulfide) groups is 1. The van der Waals surface area contributed by atoms with Crippen LogP contribution in [0.15, 0.2) is 41.4 Å². The molecule has 0 unspecified atom stereocenters. The van der Waals surface area contributed by atoms with E-state index in [4.69, 9.17) is 21.7 Å². The van der Waals surface area contributed by atoms with Gasteiger partial charge in [0, 0.05) is 25.0 Å². The van der Waals surface area contributed by atoms with Gasteiger partial charge in [0.15, 0.2) is 15.8 Å². The maximum Gasteiger partial charge on any atom is 0.270 e. The van der Waals surface area contributed by atoms with E-state index in [1.165, 1.54) is 16.7 Å². The summed E-state index contributed by atoms with van der Waals surface area (Å²) in [4.78, 5) is 14.9. The molecule has 23 heavy (non-hydrogen) atoms. The van der Waals surface area contributed by atoms with E-state index < -0.39 is 0 Å². The summed E-state index contributed by atoms with van der Waals surface area (Å²) in [5, 5.41) is 0. The first-order valence-electron chi connectivity index (χ1n) is 6.92. The number of rotatable bonds is 2. The third-order valence-corrected chi connectivity index (χ3v) is 4.97. The summed E-state index contributed by atoms with van der Waals surface area (Å²) in [6.07, 6.45) is 3.79. The van der Waals surface area contributed by atoms with Crippen molar-refractivity contribution >= 4 is 46.0 Å². The Kier molecular flexibility index (Phi) is 3.39. The minimum Gasteiger partial charge on any atom is -0.454 e. The molecule has 3 heterocycles. The minimum absolute atomic E-state index is 0.125. The van der Waals surface area contributed by atoms with Crippen molar-refractivity contribution in [3.05, 3.63) is 47.1 Å². The summed E-state index contributed by atoms with van der Waals surface area (Å²) >= 11 is 6.68. The molecule has 1 aromatic heterocycles. The van der Waals surface area contributed by atoms with Crippen molar-refractivity contribution in [1.82, 2.24) is 4.57 Å². The first-order valence-corrected chi connectivity index (χ1v) is 8.15. The number of carbonyl (C=O) groups is 1. The number of thiocarbonyl (C=S) groups is 1. The highest BCUT2D eigenvalue weighted by Crippen LogP contribution is 2.40. The molecule has 2 aromatic rings. The van der Waals surface area contributed by atoms with Crippen LogP contribution in [0.5, 0.6) is 11.5 Å². The molecule has 2 aliphatic rings. The highest BCUT2D eigenvalue weighted by molar-refractivity contribution is 8.27. The lowest BCUT2D eigenvalue weighted by Gasteiger charge is -2.14. The maximum atomic E-state index is 12.7. The molecule has 1 amide bonds. The third-order valence-electron chi connectivity index (χ3n) is 3.67. The largest absolute Gasteiger partial charge is 0.454 e. The maximum absolute atomic E-state index is 12.7. The van der Waals surface area contributed by atoms with E-state index in [0.717, 1.165) is 5.69 Å². The Morgan fingerprint density at radius 1 is 1.26 bits per heavy atom. The van der Waals surface area contributed by atoms with Gasteiger partial charge in [0.1, 0.15) is 0 Å². The second-order valence-corrected chi connectivity index (χ2v) is 6.77. The number of anilines is 1. The number of aromatic nitrogens is 1. The SMILES string of the molecule is Cn1cccc1/C=C1\SC(=S)N(c2ccc3c(c2)OCO3)C1=O. The van der Waals surface area contributed by atoms with E-state index in [1.54, 1.807) is 12.1 Å². The molecule has 0 N–H and O–H groups in total. The van der Waals surface area contributed by atoms with E-state index in [1.807, 2.05) is 42.1 Å². The molecular formula is C16H12N2O3S2. The molecule has 0 radical (unpaired) electrons. The van der Waals surface area contributed by atoms with Crippen molar-refractivity contribution in [1.29, 1.82) is 0 Å². The first kappa shape index (κ1) is 14.3. The van der Waals surface area contributed by atoms with Gasteiger partial charge in [0.2, 0.25) is 6.79 Å². The van der Waals surface area contributed by atoms with Crippen LogP contribution >= 0.6 is 24.0 Å². The van der Waals surface area contributed by atoms with Gasteiger partial charge in [-0.1, -0.05) is 24.0 Å². The van der Waals surface area contributed by atoms with Crippen LogP contribution in [0.3, 0.4) is 0 Å². The smallest absolute Gasteiger partial charge is 0.270 e. The summed E-state index contributed by atoms with van der Waals surface area (Å²) in [6, 6.07) is 9.26. The second kappa shape index (κ2) is 5.43. The summed E-state index contributed by atoms with van der Waals surface area (Å²) in [7, 11) is 1.93. The predicted molar refractivity (Wildman–Crippen MR) is 93.6 cm³/mol. The van der Waals surface area contributed by atoms with Crippen molar-refractivity contribution < 1.29 is 14.3 Å². The zero-order valence-corrected chi connectivity index (χ0v) is 13.8. The molecule has 0 saturated carbocycles. The van der Waals surface area contributed by atoms with Crippen LogP contribution in [0.2, 0.25) is 0 Å². The van der Waals surface area contributed by atoms with Crippen molar-refractivity contribution in [2.24, 2.45) is 7.05 Å². The van der Waals surface area contributed by atoms with Crippen molar-refractivity contribution in [2.45, 2.75) is 0 Å². The van der Waals surface area contributed by atoms with Gasteiger partial charge in [-0.15, -0.1) is 0 Å². The number of ether oxygens (including phenoxy) is 2. The summed E-state index contributed by atoms with van der Waals surface area (Å²) in [6.45, 7) is 0.199. The number of fused-ring (bicyclic) bond motifs is 1. The summed E-state index contributed by atoms with van der Waals surface area (Å²) in [5.74, 6) is 1.18. The standard InChI is InChI=1S/C16H12N2O3S2/c1-17-6-2-3-10(17)8-14-15(19)18(16(22)23-14)11-4-5-12-13(7-11)21-9-20-12/h2-8H,9H2,1H3/b14-8-. The molecule has 0 atom stereocenters. The fourth-order valence-corrected chi connectivity index (χ4v) is 3.76. The highest BCUT2D eigenvalue weighted by atomic mass is 32.2. The Bertz CT molecular complexity index is 857. The summed E-state index contributed by atoms with van der Waals surface area (Å²) in [5.41, 5.74) is 1.64. The van der Waals surface area contributed by atoms with Crippen molar-refractivity contribution in [3.63, 3.8) is 0 Å². The van der Waals surface area contributed by atoms with Gasteiger partial charge in [-0.3, -0.25) is 9.69 Å². The monoisotopic (exact) mass is 344 g/mol. The molecule has 1 aromatic carbocycles. The Balaban J connectivity index is 1.68. The van der Waals surface area contributed by atoms with Crippen LogP contribution < -0.4 is 14.4 Å². The number of aryl methyl sites for hydroxylation is 1. The topological polar surface area (TPSA) is 43.7 Å². The molecule has 0 aliphatic carbocycles. The molecule has 4 rings (SSSR count). The van der Waals surface area contributed by atoms with Crippen LogP contribution in [0.4, 0.5) is 5.69 Å². The fourth-order valence-electron chi connectivity index (χ4n) is 2.47. The number of hydrogen-bond donors (Lipinski definition) is 0. The second-order valence-electron chi connectivity index (χ2n) is 5.10. The Labute approximate surface area is 142 Å². The van der Waals surface area contributed by atoms with E-state index in [2.05, 4.69) is 0 Å². The quantitative estimate of drug-likeness (QED) is 0.618. The minimum atomic E-state index is -0.125. The average Bonchev–Trinajstić information content (AvgIpc) is 3.21. The van der Waals surface area contributed by atoms with Gasteiger partial charge in [-0.25, -0.2) is 0 Å². The molecule has 0 spiro atoms. The van der Waals surface area contributed by atoms with Gasteiger partial charge >= 0.3 is 0 Å². The Morgan fingerprint density at radius 2 is 2.09 bits per heavy atom. The number of hydrogen-bond acceptors (Lipinski definition) is 5. The van der Waals surface area contributed by atoms with Crippen LogP contribution in [0.25, 0.3) is 6.08 Å². The molecule has 116 valence electrons. The zero-order valence-electron chi connectivity index (χ0n) is 12.2. The average molecular weight is 344 g/mol. The van der Waals surface area contributed by atoms with Crippen LogP contribution in [0.1, 0.15) is 5.69 Å². The van der Waals surface area contributed by atoms with Crippen molar-refractivity contribution in [2.75, 3.05) is 11.7 Å². The van der Waals surface area contributed by atoms with Crippen molar-refractivity contribution in [3.8, 4) is 11.5 Å². The molecular weight excluding hydrogens is 332 g/mol. The highest BCUT2D eigenvalue weighted by Gasteiger charge is 2.34. The lowest BCUT2D eigenvalue weighted by atomic mass is 10.2. The molecule has 1 saturated heterocycles. The van der Waals surface area contributed by atoms with Gasteiger partial charge in [0.25, 0.3) is 5.91 Å². The number of benzene rings is 1. The van der Waals surface area contributed by atoms with Gasteiger partial charge < -0.3 is 14.0 Å². The zero-order chi connectivity index (χ0) is 16.0. The number of amides is 1. The molecule has 2 aliphatic heterocycles. The Hall–Kier alpha value is -2.25. The van der Waals surface area contributed by atoms with Crippen LogP contribution in [-0.4, -0.2) is 21.6 Å². The molecule has 0 bridgehead atoms. The molecule has 5 nitrogen and oxygen atoms in total. The van der Waals surface area contributed by atoms with E-state index in [9.17, 15) is 4.79 Å². The normalized spacial score (nSPS) is 18.3. The van der Waals surface area contributed by atoms with Gasteiger partial charge in [-0.2, -0.15) is 0 Å². The first-order chi connectivity index (χ1) is 11.1. The fraction of sp³-hybridized carbons (Fsp3) is 0.125. The Morgan fingerprint density at radius 3 is 2.87 bits per heavy atom. The van der Waals surface area contributed by atoms with E-state index >= 15 is 0 Å². The van der Waals surface area contributed by atoms with Crippen LogP contribution in [-0.2, 0) is 11.8 Å². The lowest BCUT2D eigenvalue weighted by Crippen LogP contribution is -2.27. The molecule has 7 heteroatoms. The van der Waals surface area contributed by atoms with Gasteiger partial charge in [-0.05, 0) is 30.3 Å².